The summed E-state index contributed by atoms with van der Waals surface area (Å²) in [6.45, 7) is 0. The number of hydrazone groups is 1. The van der Waals surface area contributed by atoms with E-state index in [1.54, 1.807) is 18.4 Å². The molecule has 4 aliphatic rings. The largest absolute Gasteiger partial charge is 0.463 e. The van der Waals surface area contributed by atoms with E-state index in [0.717, 1.165) is 23.4 Å². The second-order valence-corrected chi connectivity index (χ2v) is 8.08. The SMILES string of the molecule is O=C(NN=Cc1ccco1)c1cc(C23CC4CC(CC(C4)C2)C3)[nH]n1. The fraction of sp³-hybridized carbons (Fsp3) is 0.526. The first-order valence-electron chi connectivity index (χ1n) is 9.13. The highest BCUT2D eigenvalue weighted by molar-refractivity contribution is 5.93. The second kappa shape index (κ2) is 5.58. The highest BCUT2D eigenvalue weighted by Crippen LogP contribution is 2.60. The number of aromatic amines is 1. The summed E-state index contributed by atoms with van der Waals surface area (Å²) in [4.78, 5) is 12.3. The Hall–Kier alpha value is -2.37. The number of furan rings is 1. The van der Waals surface area contributed by atoms with Gasteiger partial charge < -0.3 is 4.42 Å². The molecule has 2 aromatic heterocycles. The highest BCUT2D eigenvalue weighted by Gasteiger charge is 2.52. The summed E-state index contributed by atoms with van der Waals surface area (Å²) >= 11 is 0. The number of hydrogen-bond donors (Lipinski definition) is 2. The van der Waals surface area contributed by atoms with Gasteiger partial charge in [-0.3, -0.25) is 9.89 Å². The van der Waals surface area contributed by atoms with Crippen LogP contribution in [0.15, 0.2) is 34.0 Å². The molecule has 2 N–H and O–H groups in total. The molecule has 4 fully saturated rings. The summed E-state index contributed by atoms with van der Waals surface area (Å²) in [7, 11) is 0. The number of carbonyl (C=O) groups excluding carboxylic acids is 1. The summed E-state index contributed by atoms with van der Waals surface area (Å²) in [6.07, 6.45) is 11.0. The number of aromatic nitrogens is 2. The van der Waals surface area contributed by atoms with E-state index in [2.05, 4.69) is 20.7 Å². The molecule has 0 aromatic carbocycles. The highest BCUT2D eigenvalue weighted by atomic mass is 16.3. The van der Waals surface area contributed by atoms with E-state index in [1.807, 2.05) is 6.07 Å². The Balaban J connectivity index is 1.31. The number of H-pyrrole nitrogens is 1. The Morgan fingerprint density at radius 1 is 1.28 bits per heavy atom. The van der Waals surface area contributed by atoms with E-state index in [4.69, 9.17) is 4.42 Å². The van der Waals surface area contributed by atoms with Gasteiger partial charge in [0.2, 0.25) is 0 Å². The van der Waals surface area contributed by atoms with Crippen LogP contribution in [0.1, 0.15) is 60.5 Å². The Bertz CT molecular complexity index is 770. The molecule has 6 nitrogen and oxygen atoms in total. The molecule has 0 saturated heterocycles. The predicted octanol–water partition coefficient (Wildman–Crippen LogP) is 3.23. The van der Waals surface area contributed by atoms with E-state index in [-0.39, 0.29) is 11.3 Å². The number of nitrogens with one attached hydrogen (secondary N) is 2. The number of hydrogen-bond acceptors (Lipinski definition) is 4. The van der Waals surface area contributed by atoms with Crippen molar-refractivity contribution in [2.45, 2.75) is 43.9 Å². The van der Waals surface area contributed by atoms with Crippen LogP contribution >= 0.6 is 0 Å². The van der Waals surface area contributed by atoms with Gasteiger partial charge in [-0.05, 0) is 74.5 Å². The minimum atomic E-state index is -0.296. The lowest BCUT2D eigenvalue weighted by Crippen LogP contribution is -2.48. The van der Waals surface area contributed by atoms with Gasteiger partial charge in [-0.2, -0.15) is 10.2 Å². The molecule has 25 heavy (non-hydrogen) atoms. The number of amides is 1. The van der Waals surface area contributed by atoms with Crippen molar-refractivity contribution in [3.8, 4) is 0 Å². The van der Waals surface area contributed by atoms with Crippen molar-refractivity contribution in [2.75, 3.05) is 0 Å². The molecule has 2 aromatic rings. The maximum atomic E-state index is 12.3. The zero-order valence-corrected chi connectivity index (χ0v) is 14.1. The van der Waals surface area contributed by atoms with Crippen LogP contribution < -0.4 is 5.43 Å². The van der Waals surface area contributed by atoms with Gasteiger partial charge >= 0.3 is 0 Å². The van der Waals surface area contributed by atoms with Crippen LogP contribution in [0.2, 0.25) is 0 Å². The fourth-order valence-corrected chi connectivity index (χ4v) is 5.73. The maximum Gasteiger partial charge on any atom is 0.291 e. The lowest BCUT2D eigenvalue weighted by atomic mass is 9.49. The first-order valence-corrected chi connectivity index (χ1v) is 9.13. The van der Waals surface area contributed by atoms with Gasteiger partial charge in [0, 0.05) is 11.1 Å². The molecule has 2 heterocycles. The third-order valence-corrected chi connectivity index (χ3v) is 6.32. The quantitative estimate of drug-likeness (QED) is 0.663. The topological polar surface area (TPSA) is 83.3 Å². The van der Waals surface area contributed by atoms with Crippen LogP contribution in [0, 0.1) is 17.8 Å². The first kappa shape index (κ1) is 14.9. The summed E-state index contributed by atoms with van der Waals surface area (Å²) < 4.78 is 5.14. The predicted molar refractivity (Wildman–Crippen MR) is 92.2 cm³/mol. The van der Waals surface area contributed by atoms with Gasteiger partial charge in [-0.15, -0.1) is 0 Å². The molecule has 4 bridgehead atoms. The smallest absolute Gasteiger partial charge is 0.291 e. The third kappa shape index (κ3) is 2.60. The van der Waals surface area contributed by atoms with Crippen molar-refractivity contribution in [3.63, 3.8) is 0 Å². The molecule has 6 rings (SSSR count). The van der Waals surface area contributed by atoms with Crippen molar-refractivity contribution in [3.05, 3.63) is 41.6 Å². The first-order chi connectivity index (χ1) is 12.2. The lowest BCUT2D eigenvalue weighted by Gasteiger charge is -2.56. The Kier molecular flexibility index (Phi) is 3.33. The Morgan fingerprint density at radius 3 is 2.64 bits per heavy atom. The number of rotatable bonds is 4. The van der Waals surface area contributed by atoms with Crippen LogP contribution in [-0.2, 0) is 5.41 Å². The summed E-state index contributed by atoms with van der Waals surface area (Å²) in [5.41, 5.74) is 4.28. The van der Waals surface area contributed by atoms with Gasteiger partial charge in [-0.25, -0.2) is 5.43 Å². The van der Waals surface area contributed by atoms with E-state index in [9.17, 15) is 4.79 Å². The van der Waals surface area contributed by atoms with Crippen molar-refractivity contribution in [1.29, 1.82) is 0 Å². The monoisotopic (exact) mass is 338 g/mol. The summed E-state index contributed by atoms with van der Waals surface area (Å²) in [6, 6.07) is 5.48. The summed E-state index contributed by atoms with van der Waals surface area (Å²) in [5.74, 6) is 2.89. The van der Waals surface area contributed by atoms with Crippen molar-refractivity contribution in [2.24, 2.45) is 22.9 Å². The van der Waals surface area contributed by atoms with Gasteiger partial charge in [0.25, 0.3) is 5.91 Å². The van der Waals surface area contributed by atoms with E-state index < -0.39 is 0 Å². The molecule has 0 aliphatic heterocycles. The average molecular weight is 338 g/mol. The molecular formula is C19H22N4O2. The third-order valence-electron chi connectivity index (χ3n) is 6.32. The van der Waals surface area contributed by atoms with Gasteiger partial charge in [-0.1, -0.05) is 0 Å². The lowest BCUT2D eigenvalue weighted by molar-refractivity contribution is -0.00721. The van der Waals surface area contributed by atoms with Crippen molar-refractivity contribution in [1.82, 2.24) is 15.6 Å². The molecule has 1 amide bonds. The number of nitrogens with zero attached hydrogens (tertiary/aromatic N) is 2. The molecular weight excluding hydrogens is 316 g/mol. The van der Waals surface area contributed by atoms with Gasteiger partial charge in [0.15, 0.2) is 5.69 Å². The molecule has 130 valence electrons. The van der Waals surface area contributed by atoms with Crippen molar-refractivity contribution >= 4 is 12.1 Å². The van der Waals surface area contributed by atoms with E-state index in [0.29, 0.717) is 11.5 Å². The van der Waals surface area contributed by atoms with Gasteiger partial charge in [0.05, 0.1) is 12.5 Å². The standard InChI is InChI=1S/C19H22N4O2/c24-18(23-20-11-15-2-1-3-25-15)16-7-17(22-21-16)19-8-12-4-13(9-19)6-14(5-12)10-19/h1-3,7,11-14H,4-6,8-10H2,(H,21,22)(H,23,24). The maximum absolute atomic E-state index is 12.3. The average Bonchev–Trinajstić information content (AvgIpc) is 3.26. The van der Waals surface area contributed by atoms with Crippen LogP contribution in [-0.4, -0.2) is 22.3 Å². The molecule has 0 radical (unpaired) electrons. The van der Waals surface area contributed by atoms with E-state index in [1.165, 1.54) is 44.7 Å². The van der Waals surface area contributed by atoms with Crippen LogP contribution in [0.5, 0.6) is 0 Å². The number of carbonyl (C=O) groups is 1. The zero-order valence-electron chi connectivity index (χ0n) is 14.1. The molecule has 0 unspecified atom stereocenters. The normalized spacial score (nSPS) is 33.2. The summed E-state index contributed by atoms with van der Waals surface area (Å²) in [5, 5.41) is 11.3. The zero-order chi connectivity index (χ0) is 16.9. The fourth-order valence-electron chi connectivity index (χ4n) is 5.73. The van der Waals surface area contributed by atoms with Crippen LogP contribution in [0.4, 0.5) is 0 Å². The van der Waals surface area contributed by atoms with Crippen LogP contribution in [0.25, 0.3) is 0 Å². The van der Waals surface area contributed by atoms with Crippen LogP contribution in [0.3, 0.4) is 0 Å². The minimum absolute atomic E-state index is 0.220. The molecule has 4 aliphatic carbocycles. The molecule has 0 atom stereocenters. The Morgan fingerprint density at radius 2 is 2.00 bits per heavy atom. The second-order valence-electron chi connectivity index (χ2n) is 8.08. The Labute approximate surface area is 146 Å². The molecule has 0 spiro atoms. The van der Waals surface area contributed by atoms with Crippen molar-refractivity contribution < 1.29 is 9.21 Å². The molecule has 4 saturated carbocycles. The minimum Gasteiger partial charge on any atom is -0.463 e. The van der Waals surface area contributed by atoms with E-state index >= 15 is 0 Å². The van der Waals surface area contributed by atoms with Gasteiger partial charge in [0.1, 0.15) is 5.76 Å². The molecule has 6 heteroatoms.